The minimum atomic E-state index is 0. The Morgan fingerprint density at radius 3 is 2.36 bits per heavy atom. The van der Waals surface area contributed by atoms with Crippen LogP contribution in [0.5, 0.6) is 0 Å². The Kier molecular flexibility index (Phi) is 8.00. The van der Waals surface area contributed by atoms with Gasteiger partial charge in [0.2, 0.25) is 0 Å². The Morgan fingerprint density at radius 2 is 1.80 bits per heavy atom. The molecule has 5 heteroatoms. The van der Waals surface area contributed by atoms with E-state index < -0.39 is 0 Å². The fourth-order valence-electron chi connectivity index (χ4n) is 3.50. The maximum atomic E-state index is 4.41. The van der Waals surface area contributed by atoms with Gasteiger partial charge in [-0.05, 0) is 44.1 Å². The largest absolute Gasteiger partial charge is 0.356 e. The van der Waals surface area contributed by atoms with Gasteiger partial charge in [0, 0.05) is 38.8 Å². The van der Waals surface area contributed by atoms with Gasteiger partial charge in [-0.3, -0.25) is 4.99 Å². The summed E-state index contributed by atoms with van der Waals surface area (Å²) >= 11 is 0. The molecule has 0 spiro atoms. The van der Waals surface area contributed by atoms with E-state index in [4.69, 9.17) is 0 Å². The van der Waals surface area contributed by atoms with Crippen LogP contribution in [0.25, 0.3) is 0 Å². The summed E-state index contributed by atoms with van der Waals surface area (Å²) in [6.07, 6.45) is 5.28. The van der Waals surface area contributed by atoms with Gasteiger partial charge in [-0.2, -0.15) is 0 Å². The zero-order valence-corrected chi connectivity index (χ0v) is 18.1. The predicted octanol–water partition coefficient (Wildman–Crippen LogP) is 3.51. The van der Waals surface area contributed by atoms with Gasteiger partial charge in [0.15, 0.2) is 5.96 Å². The van der Waals surface area contributed by atoms with E-state index in [0.29, 0.717) is 12.0 Å². The van der Waals surface area contributed by atoms with Crippen LogP contribution in [0.2, 0.25) is 0 Å². The average molecular weight is 456 g/mol. The summed E-state index contributed by atoms with van der Waals surface area (Å²) in [5.74, 6) is 1.42. The van der Waals surface area contributed by atoms with Crippen LogP contribution in [-0.4, -0.2) is 49.6 Å². The van der Waals surface area contributed by atoms with Gasteiger partial charge in [-0.25, -0.2) is 0 Å². The van der Waals surface area contributed by atoms with E-state index in [2.05, 4.69) is 58.6 Å². The Morgan fingerprint density at radius 1 is 1.16 bits per heavy atom. The summed E-state index contributed by atoms with van der Waals surface area (Å²) in [5.41, 5.74) is 2.69. The predicted molar refractivity (Wildman–Crippen MR) is 117 cm³/mol. The third-order valence-electron chi connectivity index (χ3n) is 5.38. The maximum Gasteiger partial charge on any atom is 0.191 e. The van der Waals surface area contributed by atoms with Crippen molar-refractivity contribution in [1.29, 1.82) is 0 Å². The molecule has 2 aliphatic rings. The van der Waals surface area contributed by atoms with Crippen molar-refractivity contribution in [2.45, 2.75) is 57.5 Å². The molecule has 0 aromatic heterocycles. The third-order valence-corrected chi connectivity index (χ3v) is 5.38. The van der Waals surface area contributed by atoms with Crippen molar-refractivity contribution < 1.29 is 0 Å². The van der Waals surface area contributed by atoms with Crippen LogP contribution in [-0.2, 0) is 0 Å². The molecule has 1 aliphatic heterocycles. The number of hydrogen-bond donors (Lipinski definition) is 2. The summed E-state index contributed by atoms with van der Waals surface area (Å²) in [6.45, 7) is 7.77. The molecule has 1 atom stereocenters. The molecule has 3 rings (SSSR count). The van der Waals surface area contributed by atoms with Crippen molar-refractivity contribution in [2.75, 3.05) is 26.7 Å². The standard InChI is InChI=1S/C20H32N4.HI/c1-15-4-6-17(7-5-15)16(2)14-22-20(21-3)23-18-10-12-24(13-11-18)19-8-9-19;/h4-7,16,18-19H,8-14H2,1-3H3,(H2,21,22,23);1H. The van der Waals surface area contributed by atoms with Gasteiger partial charge in [0.25, 0.3) is 0 Å². The highest BCUT2D eigenvalue weighted by atomic mass is 127. The van der Waals surface area contributed by atoms with Crippen LogP contribution in [0.15, 0.2) is 29.3 Å². The molecule has 2 N–H and O–H groups in total. The third kappa shape index (κ3) is 6.13. The minimum absolute atomic E-state index is 0. The lowest BCUT2D eigenvalue weighted by atomic mass is 10.00. The molecule has 25 heavy (non-hydrogen) atoms. The van der Waals surface area contributed by atoms with Gasteiger partial charge in [-0.15, -0.1) is 24.0 Å². The molecule has 4 nitrogen and oxygen atoms in total. The highest BCUT2D eigenvalue weighted by molar-refractivity contribution is 14.0. The second-order valence-electron chi connectivity index (χ2n) is 7.45. The molecule has 1 saturated carbocycles. The Hall–Kier alpha value is -0.820. The highest BCUT2D eigenvalue weighted by Gasteiger charge is 2.31. The van der Waals surface area contributed by atoms with Gasteiger partial charge in [-0.1, -0.05) is 36.8 Å². The van der Waals surface area contributed by atoms with Crippen LogP contribution in [0.1, 0.15) is 49.7 Å². The number of halogens is 1. The van der Waals surface area contributed by atoms with Crippen LogP contribution >= 0.6 is 24.0 Å². The fourth-order valence-corrected chi connectivity index (χ4v) is 3.50. The van der Waals surface area contributed by atoms with Crippen molar-refractivity contribution in [1.82, 2.24) is 15.5 Å². The maximum absolute atomic E-state index is 4.41. The molecular formula is C20H33IN4. The highest BCUT2D eigenvalue weighted by Crippen LogP contribution is 2.29. The second-order valence-corrected chi connectivity index (χ2v) is 7.45. The first-order chi connectivity index (χ1) is 11.7. The number of aryl methyl sites for hydroxylation is 1. The average Bonchev–Trinajstić information content (AvgIpc) is 3.44. The van der Waals surface area contributed by atoms with Gasteiger partial charge in [0.1, 0.15) is 0 Å². The van der Waals surface area contributed by atoms with E-state index in [0.717, 1.165) is 18.5 Å². The van der Waals surface area contributed by atoms with Gasteiger partial charge >= 0.3 is 0 Å². The zero-order valence-electron chi connectivity index (χ0n) is 15.8. The van der Waals surface area contributed by atoms with Crippen molar-refractivity contribution in [3.8, 4) is 0 Å². The first kappa shape index (κ1) is 20.5. The summed E-state index contributed by atoms with van der Waals surface area (Å²) in [7, 11) is 1.87. The summed E-state index contributed by atoms with van der Waals surface area (Å²) < 4.78 is 0. The zero-order chi connectivity index (χ0) is 16.9. The molecule has 0 bridgehead atoms. The molecule has 1 aromatic rings. The number of piperidine rings is 1. The van der Waals surface area contributed by atoms with Crippen LogP contribution in [0, 0.1) is 6.92 Å². The van der Waals surface area contributed by atoms with E-state index >= 15 is 0 Å². The van der Waals surface area contributed by atoms with E-state index in [1.807, 2.05) is 7.05 Å². The Bertz CT molecular complexity index is 545. The van der Waals surface area contributed by atoms with E-state index in [-0.39, 0.29) is 24.0 Å². The minimum Gasteiger partial charge on any atom is -0.356 e. The fraction of sp³-hybridized carbons (Fsp3) is 0.650. The van der Waals surface area contributed by atoms with E-state index in [1.54, 1.807) is 0 Å². The molecule has 1 unspecified atom stereocenters. The van der Waals surface area contributed by atoms with Crippen LogP contribution in [0.4, 0.5) is 0 Å². The number of likely N-dealkylation sites (tertiary alicyclic amines) is 1. The number of nitrogens with zero attached hydrogens (tertiary/aromatic N) is 2. The molecule has 1 saturated heterocycles. The quantitative estimate of drug-likeness (QED) is 0.405. The second kappa shape index (κ2) is 9.76. The molecule has 1 aliphatic carbocycles. The number of hydrogen-bond acceptors (Lipinski definition) is 2. The summed E-state index contributed by atoms with van der Waals surface area (Å²) in [6, 6.07) is 10.3. The molecule has 0 amide bonds. The number of aliphatic imine (C=N–C) groups is 1. The number of nitrogens with one attached hydrogen (secondary N) is 2. The normalized spacial score (nSPS) is 20.7. The number of benzene rings is 1. The Labute approximate surface area is 169 Å². The lowest BCUT2D eigenvalue weighted by Gasteiger charge is -2.33. The topological polar surface area (TPSA) is 39.7 Å². The van der Waals surface area contributed by atoms with E-state index in [1.165, 1.54) is 49.9 Å². The molecule has 1 aromatic carbocycles. The molecule has 2 fully saturated rings. The van der Waals surface area contributed by atoms with Gasteiger partial charge in [0.05, 0.1) is 0 Å². The Balaban J connectivity index is 0.00000225. The molecule has 0 radical (unpaired) electrons. The summed E-state index contributed by atoms with van der Waals surface area (Å²) in [4.78, 5) is 7.07. The monoisotopic (exact) mass is 456 g/mol. The smallest absolute Gasteiger partial charge is 0.191 e. The van der Waals surface area contributed by atoms with Crippen LogP contribution in [0.3, 0.4) is 0 Å². The lowest BCUT2D eigenvalue weighted by molar-refractivity contribution is 0.197. The first-order valence-corrected chi connectivity index (χ1v) is 9.43. The SMILES string of the molecule is CN=C(NCC(C)c1ccc(C)cc1)NC1CCN(C2CC2)CC1.I. The van der Waals surface area contributed by atoms with Crippen molar-refractivity contribution in [2.24, 2.45) is 4.99 Å². The molecule has 1 heterocycles. The number of rotatable bonds is 5. The first-order valence-electron chi connectivity index (χ1n) is 9.43. The van der Waals surface area contributed by atoms with Gasteiger partial charge < -0.3 is 15.5 Å². The molecular weight excluding hydrogens is 423 g/mol. The summed E-state index contributed by atoms with van der Waals surface area (Å²) in [5, 5.41) is 7.11. The van der Waals surface area contributed by atoms with Crippen molar-refractivity contribution in [3.63, 3.8) is 0 Å². The molecule has 140 valence electrons. The van der Waals surface area contributed by atoms with Crippen molar-refractivity contribution >= 4 is 29.9 Å². The van der Waals surface area contributed by atoms with E-state index in [9.17, 15) is 0 Å². The lowest BCUT2D eigenvalue weighted by Crippen LogP contribution is -2.49. The van der Waals surface area contributed by atoms with Crippen LogP contribution < -0.4 is 10.6 Å². The number of guanidine groups is 1. The van der Waals surface area contributed by atoms with Crippen molar-refractivity contribution in [3.05, 3.63) is 35.4 Å².